The van der Waals surface area contributed by atoms with E-state index in [0.717, 1.165) is 5.39 Å². The number of hydrogen-bond donors (Lipinski definition) is 1. The van der Waals surface area contributed by atoms with Crippen LogP contribution in [0.5, 0.6) is 5.88 Å². The summed E-state index contributed by atoms with van der Waals surface area (Å²) in [5.74, 6) is 0.135. The van der Waals surface area contributed by atoms with Crippen molar-refractivity contribution in [3.05, 3.63) is 59.2 Å². The molecule has 0 bridgehead atoms. The van der Waals surface area contributed by atoms with E-state index < -0.39 is 0 Å². The molecular weight excluding hydrogens is 352 g/mol. The predicted octanol–water partition coefficient (Wildman–Crippen LogP) is 3.79. The maximum Gasteiger partial charge on any atom is 0.253 e. The Bertz CT molecular complexity index is 1020. The maximum absolute atomic E-state index is 12.7. The highest BCUT2D eigenvalue weighted by atomic mass is 35.5. The fraction of sp³-hybridized carbons (Fsp3) is 0.200. The number of rotatable bonds is 2. The Labute approximate surface area is 155 Å². The molecule has 5 nitrogen and oxygen atoms in total. The molecule has 1 fully saturated rings. The molecule has 26 heavy (non-hydrogen) atoms. The lowest BCUT2D eigenvalue weighted by atomic mass is 10.1. The monoisotopic (exact) mass is 368 g/mol. The number of carbonyl (C=O) groups is 2. The van der Waals surface area contributed by atoms with E-state index >= 15 is 0 Å². The summed E-state index contributed by atoms with van der Waals surface area (Å²) < 4.78 is 1.62. The van der Waals surface area contributed by atoms with Crippen molar-refractivity contribution in [2.45, 2.75) is 12.8 Å². The van der Waals surface area contributed by atoms with E-state index in [-0.39, 0.29) is 17.6 Å². The van der Waals surface area contributed by atoms with Crippen molar-refractivity contribution >= 4 is 34.1 Å². The first-order chi connectivity index (χ1) is 12.5. The third-order valence-electron chi connectivity index (χ3n) is 4.75. The fourth-order valence-electron chi connectivity index (χ4n) is 3.33. The van der Waals surface area contributed by atoms with Gasteiger partial charge in [0.2, 0.25) is 5.88 Å². The second-order valence-electron chi connectivity index (χ2n) is 6.41. The summed E-state index contributed by atoms with van der Waals surface area (Å²) in [5.41, 5.74) is 1.20. The molecule has 1 amide bonds. The largest absolute Gasteiger partial charge is 0.494 e. The Kier molecular flexibility index (Phi) is 4.17. The average molecular weight is 369 g/mol. The van der Waals surface area contributed by atoms with Crippen LogP contribution in [-0.2, 0) is 4.79 Å². The lowest BCUT2D eigenvalue weighted by Crippen LogP contribution is -2.38. The molecule has 0 atom stereocenters. The Morgan fingerprint density at radius 1 is 1.08 bits per heavy atom. The second-order valence-corrected chi connectivity index (χ2v) is 6.82. The van der Waals surface area contributed by atoms with Gasteiger partial charge in [-0.1, -0.05) is 29.8 Å². The Morgan fingerprint density at radius 3 is 2.54 bits per heavy atom. The SMILES string of the molecule is O=C1CCN(C(=O)c2cccc(-n3cc4cccc(Cl)c4c3O)c2)CC1. The van der Waals surface area contributed by atoms with Crippen LogP contribution < -0.4 is 0 Å². The van der Waals surface area contributed by atoms with Crippen molar-refractivity contribution < 1.29 is 14.7 Å². The predicted molar refractivity (Wildman–Crippen MR) is 100 cm³/mol. The summed E-state index contributed by atoms with van der Waals surface area (Å²) in [6, 6.07) is 12.5. The van der Waals surface area contributed by atoms with Crippen molar-refractivity contribution in [3.63, 3.8) is 0 Å². The molecule has 0 saturated carbocycles. The number of aromatic hydroxyl groups is 1. The van der Waals surface area contributed by atoms with E-state index in [4.69, 9.17) is 11.6 Å². The number of aromatic nitrogens is 1. The number of nitrogens with zero attached hydrogens (tertiary/aromatic N) is 2. The smallest absolute Gasteiger partial charge is 0.253 e. The van der Waals surface area contributed by atoms with Crippen molar-refractivity contribution in [2.24, 2.45) is 0 Å². The van der Waals surface area contributed by atoms with Crippen molar-refractivity contribution in [2.75, 3.05) is 13.1 Å². The first-order valence-corrected chi connectivity index (χ1v) is 8.82. The number of halogens is 1. The van der Waals surface area contributed by atoms with Crippen LogP contribution in [0.1, 0.15) is 23.2 Å². The molecule has 1 aromatic heterocycles. The van der Waals surface area contributed by atoms with Crippen LogP contribution in [0.15, 0.2) is 48.7 Å². The van der Waals surface area contributed by atoms with E-state index in [1.54, 1.807) is 39.9 Å². The van der Waals surface area contributed by atoms with Crippen LogP contribution >= 0.6 is 11.6 Å². The average Bonchev–Trinajstić information content (AvgIpc) is 3.00. The number of hydrogen-bond acceptors (Lipinski definition) is 3. The molecule has 4 rings (SSSR count). The molecule has 2 aromatic carbocycles. The Hall–Kier alpha value is -2.79. The molecule has 0 aliphatic carbocycles. The summed E-state index contributed by atoms with van der Waals surface area (Å²) in [6.45, 7) is 0.909. The van der Waals surface area contributed by atoms with Gasteiger partial charge in [0.05, 0.1) is 10.4 Å². The molecular formula is C20H17ClN2O3. The van der Waals surface area contributed by atoms with Gasteiger partial charge in [0.1, 0.15) is 5.78 Å². The molecule has 0 spiro atoms. The summed E-state index contributed by atoms with van der Waals surface area (Å²) in [6.07, 6.45) is 2.61. The van der Waals surface area contributed by atoms with Crippen LogP contribution in [0, 0.1) is 0 Å². The molecule has 0 unspecified atom stereocenters. The molecule has 6 heteroatoms. The summed E-state index contributed by atoms with van der Waals surface area (Å²) in [4.78, 5) is 25.8. The summed E-state index contributed by atoms with van der Waals surface area (Å²) in [7, 11) is 0. The van der Waals surface area contributed by atoms with Crippen LogP contribution in [0.4, 0.5) is 0 Å². The highest BCUT2D eigenvalue weighted by Crippen LogP contribution is 2.35. The summed E-state index contributed by atoms with van der Waals surface area (Å²) in [5, 5.41) is 12.5. The fourth-order valence-corrected chi connectivity index (χ4v) is 3.60. The zero-order valence-corrected chi connectivity index (χ0v) is 14.7. The first-order valence-electron chi connectivity index (χ1n) is 8.44. The number of piperidine rings is 1. The lowest BCUT2D eigenvalue weighted by molar-refractivity contribution is -0.120. The van der Waals surface area contributed by atoms with Gasteiger partial charge in [0, 0.05) is 48.8 Å². The number of Topliss-reactive ketones (excluding diaryl/α,β-unsaturated/α-hetero) is 1. The molecule has 1 saturated heterocycles. The zero-order valence-electron chi connectivity index (χ0n) is 14.0. The third kappa shape index (κ3) is 2.84. The van der Waals surface area contributed by atoms with Crippen LogP contribution in [0.3, 0.4) is 0 Å². The minimum absolute atomic E-state index is 0.0405. The molecule has 3 aromatic rings. The van der Waals surface area contributed by atoms with Crippen LogP contribution in [0.25, 0.3) is 16.5 Å². The quantitative estimate of drug-likeness (QED) is 0.748. The Morgan fingerprint density at radius 2 is 1.81 bits per heavy atom. The van der Waals surface area contributed by atoms with Gasteiger partial charge in [0.25, 0.3) is 5.91 Å². The molecule has 1 N–H and O–H groups in total. The molecule has 2 heterocycles. The summed E-state index contributed by atoms with van der Waals surface area (Å²) >= 11 is 6.20. The molecule has 132 valence electrons. The minimum atomic E-state index is -0.103. The second kappa shape index (κ2) is 6.50. The van der Waals surface area contributed by atoms with Gasteiger partial charge in [-0.25, -0.2) is 0 Å². The highest BCUT2D eigenvalue weighted by molar-refractivity contribution is 6.36. The number of amides is 1. The number of likely N-dealkylation sites (tertiary alicyclic amines) is 1. The van der Waals surface area contributed by atoms with Gasteiger partial charge in [-0.15, -0.1) is 0 Å². The van der Waals surface area contributed by atoms with Gasteiger partial charge < -0.3 is 10.0 Å². The van der Waals surface area contributed by atoms with E-state index in [1.165, 1.54) is 0 Å². The third-order valence-corrected chi connectivity index (χ3v) is 5.06. The number of carbonyl (C=O) groups excluding carboxylic acids is 2. The standard InChI is InChI=1S/C20H17ClN2O3/c21-17-6-2-4-14-12-23(20(26)18(14)17)15-5-1-3-13(11-15)19(25)22-9-7-16(24)8-10-22/h1-6,11-12,26H,7-10H2. The van der Waals surface area contributed by atoms with Gasteiger partial charge in [-0.05, 0) is 24.3 Å². The topological polar surface area (TPSA) is 62.5 Å². The van der Waals surface area contributed by atoms with E-state index in [0.29, 0.717) is 47.6 Å². The van der Waals surface area contributed by atoms with Crippen molar-refractivity contribution in [1.82, 2.24) is 9.47 Å². The first kappa shape index (κ1) is 16.7. The number of ketones is 1. The number of fused-ring (bicyclic) bond motifs is 1. The molecule has 1 aliphatic rings. The van der Waals surface area contributed by atoms with Gasteiger partial charge in [-0.3, -0.25) is 14.2 Å². The Balaban J connectivity index is 1.70. The maximum atomic E-state index is 12.7. The van der Waals surface area contributed by atoms with Crippen LogP contribution in [0.2, 0.25) is 5.02 Å². The van der Waals surface area contributed by atoms with Crippen molar-refractivity contribution in [1.29, 1.82) is 0 Å². The van der Waals surface area contributed by atoms with Gasteiger partial charge in [0.15, 0.2) is 0 Å². The van der Waals surface area contributed by atoms with Gasteiger partial charge >= 0.3 is 0 Å². The minimum Gasteiger partial charge on any atom is -0.494 e. The van der Waals surface area contributed by atoms with Gasteiger partial charge in [-0.2, -0.15) is 0 Å². The highest BCUT2D eigenvalue weighted by Gasteiger charge is 2.22. The van der Waals surface area contributed by atoms with E-state index in [2.05, 4.69) is 0 Å². The van der Waals surface area contributed by atoms with E-state index in [1.807, 2.05) is 18.2 Å². The van der Waals surface area contributed by atoms with E-state index in [9.17, 15) is 14.7 Å². The lowest BCUT2D eigenvalue weighted by Gasteiger charge is -2.26. The van der Waals surface area contributed by atoms with Crippen LogP contribution in [-0.4, -0.2) is 39.4 Å². The zero-order chi connectivity index (χ0) is 18.3. The molecule has 1 aliphatic heterocycles. The number of benzene rings is 2. The molecule has 0 radical (unpaired) electrons. The van der Waals surface area contributed by atoms with Crippen molar-refractivity contribution in [3.8, 4) is 11.6 Å². The normalized spacial score (nSPS) is 14.8.